The van der Waals surface area contributed by atoms with Crippen molar-refractivity contribution in [2.75, 3.05) is 0 Å². The zero-order valence-corrected chi connectivity index (χ0v) is 13.2. The molecule has 4 nitrogen and oxygen atoms in total. The molecule has 0 saturated carbocycles. The molecule has 0 aromatic carbocycles. The highest BCUT2D eigenvalue weighted by Gasteiger charge is 2.23. The lowest BCUT2D eigenvalue weighted by Gasteiger charge is -2.23. The number of nitrogens with one attached hydrogen (secondary N) is 1. The SMILES string of the molecule is CC(C)c1nc(CNC2CCCc3c2cnn3C)cs1. The number of thiazole rings is 1. The van der Waals surface area contributed by atoms with Crippen molar-refractivity contribution < 1.29 is 0 Å². The minimum Gasteiger partial charge on any atom is -0.304 e. The summed E-state index contributed by atoms with van der Waals surface area (Å²) in [5.74, 6) is 0.522. The molecular weight excluding hydrogens is 268 g/mol. The number of fused-ring (bicyclic) bond motifs is 1. The van der Waals surface area contributed by atoms with Crippen LogP contribution in [0.5, 0.6) is 0 Å². The average molecular weight is 290 g/mol. The third kappa shape index (κ3) is 2.65. The lowest BCUT2D eigenvalue weighted by molar-refractivity contribution is 0.449. The highest BCUT2D eigenvalue weighted by atomic mass is 32.1. The van der Waals surface area contributed by atoms with Crippen molar-refractivity contribution in [3.8, 4) is 0 Å². The number of nitrogens with zero attached hydrogens (tertiary/aromatic N) is 3. The molecule has 0 amide bonds. The number of aromatic nitrogens is 3. The molecule has 0 bridgehead atoms. The molecule has 1 aliphatic carbocycles. The molecule has 0 spiro atoms. The van der Waals surface area contributed by atoms with Gasteiger partial charge in [-0.25, -0.2) is 4.98 Å². The maximum atomic E-state index is 4.69. The van der Waals surface area contributed by atoms with Crippen LogP contribution in [0.3, 0.4) is 0 Å². The predicted molar refractivity (Wildman–Crippen MR) is 81.9 cm³/mol. The Bertz CT molecular complexity index is 584. The van der Waals surface area contributed by atoms with Gasteiger partial charge in [0.2, 0.25) is 0 Å². The second-order valence-electron chi connectivity index (χ2n) is 5.83. The van der Waals surface area contributed by atoms with Gasteiger partial charge in [-0.1, -0.05) is 13.8 Å². The summed E-state index contributed by atoms with van der Waals surface area (Å²) < 4.78 is 2.02. The largest absolute Gasteiger partial charge is 0.304 e. The van der Waals surface area contributed by atoms with Crippen LogP contribution in [0, 0.1) is 0 Å². The van der Waals surface area contributed by atoms with E-state index in [1.807, 2.05) is 17.9 Å². The lowest BCUT2D eigenvalue weighted by atomic mass is 9.93. The molecule has 2 heterocycles. The molecule has 0 fully saturated rings. The molecule has 2 aromatic heterocycles. The first-order chi connectivity index (χ1) is 9.65. The van der Waals surface area contributed by atoms with E-state index in [0.29, 0.717) is 12.0 Å². The van der Waals surface area contributed by atoms with Crippen molar-refractivity contribution in [1.82, 2.24) is 20.1 Å². The van der Waals surface area contributed by atoms with Gasteiger partial charge in [0.25, 0.3) is 0 Å². The normalized spacial score (nSPS) is 18.5. The Morgan fingerprint density at radius 3 is 3.10 bits per heavy atom. The Kier molecular flexibility index (Phi) is 3.89. The summed E-state index contributed by atoms with van der Waals surface area (Å²) in [7, 11) is 2.04. The van der Waals surface area contributed by atoms with Crippen LogP contribution < -0.4 is 5.32 Å². The first-order valence-corrected chi connectivity index (χ1v) is 8.21. The van der Waals surface area contributed by atoms with Crippen LogP contribution in [0.15, 0.2) is 11.6 Å². The maximum absolute atomic E-state index is 4.69. The first kappa shape index (κ1) is 13.8. The fraction of sp³-hybridized carbons (Fsp3) is 0.600. The first-order valence-electron chi connectivity index (χ1n) is 7.33. The van der Waals surface area contributed by atoms with Gasteiger partial charge in [-0.2, -0.15) is 5.10 Å². The number of hydrogen-bond donors (Lipinski definition) is 1. The summed E-state index contributed by atoms with van der Waals surface area (Å²) in [6, 6.07) is 0.427. The van der Waals surface area contributed by atoms with Gasteiger partial charge in [0.05, 0.1) is 16.9 Å². The Hall–Kier alpha value is -1.20. The summed E-state index contributed by atoms with van der Waals surface area (Å²) in [4.78, 5) is 4.69. The van der Waals surface area contributed by atoms with Gasteiger partial charge in [0, 0.05) is 42.2 Å². The smallest absolute Gasteiger partial charge is 0.0954 e. The van der Waals surface area contributed by atoms with Crippen molar-refractivity contribution in [1.29, 1.82) is 0 Å². The summed E-state index contributed by atoms with van der Waals surface area (Å²) >= 11 is 1.77. The molecule has 20 heavy (non-hydrogen) atoms. The molecule has 2 aromatic rings. The monoisotopic (exact) mass is 290 g/mol. The van der Waals surface area contributed by atoms with Crippen LogP contribution in [-0.2, 0) is 20.0 Å². The fourth-order valence-corrected chi connectivity index (χ4v) is 3.65. The van der Waals surface area contributed by atoms with E-state index in [0.717, 1.165) is 18.7 Å². The Balaban J connectivity index is 1.67. The number of rotatable bonds is 4. The molecule has 1 unspecified atom stereocenters. The van der Waals surface area contributed by atoms with Gasteiger partial charge in [0.1, 0.15) is 0 Å². The van der Waals surface area contributed by atoms with Crippen molar-refractivity contribution in [2.24, 2.45) is 7.05 Å². The van der Waals surface area contributed by atoms with Gasteiger partial charge < -0.3 is 5.32 Å². The molecule has 3 rings (SSSR count). The summed E-state index contributed by atoms with van der Waals surface area (Å²) in [6.45, 7) is 5.24. The zero-order valence-electron chi connectivity index (χ0n) is 12.4. The van der Waals surface area contributed by atoms with Crippen LogP contribution in [0.2, 0.25) is 0 Å². The van der Waals surface area contributed by atoms with E-state index in [1.54, 1.807) is 11.3 Å². The summed E-state index contributed by atoms with van der Waals surface area (Å²) in [5.41, 5.74) is 3.92. The zero-order chi connectivity index (χ0) is 14.1. The third-order valence-electron chi connectivity index (χ3n) is 3.97. The van der Waals surface area contributed by atoms with E-state index in [4.69, 9.17) is 4.98 Å². The predicted octanol–water partition coefficient (Wildman–Crippen LogP) is 3.17. The quantitative estimate of drug-likeness (QED) is 0.940. The molecule has 0 saturated heterocycles. The van der Waals surface area contributed by atoms with Crippen LogP contribution in [-0.4, -0.2) is 14.8 Å². The Morgan fingerprint density at radius 1 is 1.50 bits per heavy atom. The van der Waals surface area contributed by atoms with E-state index in [2.05, 4.69) is 29.6 Å². The standard InChI is InChI=1S/C15H22N4S/c1-10(2)15-18-11(9-20-15)7-16-13-5-4-6-14-12(13)8-17-19(14)3/h8-10,13,16H,4-7H2,1-3H3. The van der Waals surface area contributed by atoms with Gasteiger partial charge in [-0.05, 0) is 19.3 Å². The van der Waals surface area contributed by atoms with E-state index < -0.39 is 0 Å². The maximum Gasteiger partial charge on any atom is 0.0954 e. The summed E-state index contributed by atoms with van der Waals surface area (Å²) in [5, 5.41) is 11.4. The van der Waals surface area contributed by atoms with Gasteiger partial charge >= 0.3 is 0 Å². The minimum absolute atomic E-state index is 0.427. The molecule has 0 aliphatic heterocycles. The highest BCUT2D eigenvalue weighted by molar-refractivity contribution is 7.09. The minimum atomic E-state index is 0.427. The van der Waals surface area contributed by atoms with Gasteiger partial charge in [-0.3, -0.25) is 4.68 Å². The molecule has 1 N–H and O–H groups in total. The molecule has 1 aliphatic rings. The Morgan fingerprint density at radius 2 is 2.35 bits per heavy atom. The summed E-state index contributed by atoms with van der Waals surface area (Å²) in [6.07, 6.45) is 5.60. The van der Waals surface area contributed by atoms with Gasteiger partial charge in [0.15, 0.2) is 0 Å². The second-order valence-corrected chi connectivity index (χ2v) is 6.72. The molecule has 5 heteroatoms. The van der Waals surface area contributed by atoms with E-state index in [9.17, 15) is 0 Å². The lowest BCUT2D eigenvalue weighted by Crippen LogP contribution is -2.25. The third-order valence-corrected chi connectivity index (χ3v) is 5.16. The Labute approximate surface area is 124 Å². The number of hydrogen-bond acceptors (Lipinski definition) is 4. The topological polar surface area (TPSA) is 42.7 Å². The van der Waals surface area contributed by atoms with Crippen molar-refractivity contribution in [3.63, 3.8) is 0 Å². The molecule has 0 radical (unpaired) electrons. The highest BCUT2D eigenvalue weighted by Crippen LogP contribution is 2.29. The average Bonchev–Trinajstić information content (AvgIpc) is 3.04. The molecule has 1 atom stereocenters. The van der Waals surface area contributed by atoms with Gasteiger partial charge in [-0.15, -0.1) is 11.3 Å². The van der Waals surface area contributed by atoms with Crippen molar-refractivity contribution in [2.45, 2.75) is 51.6 Å². The van der Waals surface area contributed by atoms with Crippen molar-refractivity contribution in [3.05, 3.63) is 33.5 Å². The van der Waals surface area contributed by atoms with E-state index in [-0.39, 0.29) is 0 Å². The second kappa shape index (κ2) is 5.66. The van der Waals surface area contributed by atoms with Crippen LogP contribution in [0.1, 0.15) is 60.6 Å². The van der Waals surface area contributed by atoms with Crippen LogP contribution in [0.4, 0.5) is 0 Å². The molecule has 108 valence electrons. The van der Waals surface area contributed by atoms with Crippen LogP contribution >= 0.6 is 11.3 Å². The molecular formula is C15H22N4S. The van der Waals surface area contributed by atoms with Crippen LogP contribution in [0.25, 0.3) is 0 Å². The van der Waals surface area contributed by atoms with E-state index >= 15 is 0 Å². The van der Waals surface area contributed by atoms with E-state index in [1.165, 1.54) is 29.1 Å². The van der Waals surface area contributed by atoms with Crippen molar-refractivity contribution >= 4 is 11.3 Å². The fourth-order valence-electron chi connectivity index (χ4n) is 2.82. The number of aryl methyl sites for hydroxylation is 1.